The van der Waals surface area contributed by atoms with Gasteiger partial charge < -0.3 is 4.57 Å². The highest BCUT2D eigenvalue weighted by Gasteiger charge is 2.04. The predicted octanol–water partition coefficient (Wildman–Crippen LogP) is 3.41. The summed E-state index contributed by atoms with van der Waals surface area (Å²) in [5, 5.41) is 9.83. The molecule has 0 N–H and O–H groups in total. The number of nitriles is 1. The quantitative estimate of drug-likeness (QED) is 0.714. The van der Waals surface area contributed by atoms with Crippen molar-refractivity contribution >= 4 is 10.9 Å². The largest absolute Gasteiger partial charge is 0.350 e. The zero-order valence-corrected chi connectivity index (χ0v) is 9.61. The van der Waals surface area contributed by atoms with Crippen LogP contribution < -0.4 is 0 Å². The van der Waals surface area contributed by atoms with E-state index in [1.54, 1.807) is 0 Å². The minimum absolute atomic E-state index is 0.671. The fourth-order valence-corrected chi connectivity index (χ4v) is 2.14. The molecule has 0 unspecified atom stereocenters. The Balaban J connectivity index is 2.15. The van der Waals surface area contributed by atoms with Crippen molar-refractivity contribution in [2.24, 2.45) is 7.05 Å². The molecule has 1 aromatic heterocycles. The van der Waals surface area contributed by atoms with Gasteiger partial charge in [-0.15, -0.1) is 0 Å². The second-order valence-corrected chi connectivity index (χ2v) is 4.15. The summed E-state index contributed by atoms with van der Waals surface area (Å²) in [7, 11) is 2.08. The van der Waals surface area contributed by atoms with E-state index >= 15 is 0 Å². The molecule has 2 heteroatoms. The first-order valence-electron chi connectivity index (χ1n) is 5.73. The van der Waals surface area contributed by atoms with E-state index in [2.05, 4.69) is 48.1 Å². The zero-order chi connectivity index (χ0) is 11.4. The highest BCUT2D eigenvalue weighted by molar-refractivity contribution is 5.83. The lowest BCUT2D eigenvalue weighted by molar-refractivity contribution is 0.753. The smallest absolute Gasteiger partial charge is 0.0621 e. The number of unbranched alkanes of at least 4 members (excludes halogenated alkanes) is 2. The van der Waals surface area contributed by atoms with E-state index in [1.807, 2.05) is 0 Å². The van der Waals surface area contributed by atoms with E-state index in [-0.39, 0.29) is 0 Å². The van der Waals surface area contributed by atoms with Gasteiger partial charge in [-0.3, -0.25) is 0 Å². The Bertz CT molecular complexity index is 517. The molecule has 0 fully saturated rings. The fourth-order valence-electron chi connectivity index (χ4n) is 2.14. The summed E-state index contributed by atoms with van der Waals surface area (Å²) in [4.78, 5) is 0. The van der Waals surface area contributed by atoms with Crippen LogP contribution in [0.3, 0.4) is 0 Å². The lowest BCUT2D eigenvalue weighted by atomic mass is 10.1. The van der Waals surface area contributed by atoms with E-state index in [0.717, 1.165) is 19.3 Å². The number of aromatic nitrogens is 1. The second kappa shape index (κ2) is 4.85. The molecule has 0 aliphatic carbocycles. The molecule has 82 valence electrons. The molecule has 0 saturated heterocycles. The van der Waals surface area contributed by atoms with E-state index < -0.39 is 0 Å². The normalized spacial score (nSPS) is 10.5. The number of hydrogen-bond donors (Lipinski definition) is 0. The molecule has 2 nitrogen and oxygen atoms in total. The Kier molecular flexibility index (Phi) is 3.26. The fraction of sp³-hybridized carbons (Fsp3) is 0.357. The molecular formula is C14H16N2. The van der Waals surface area contributed by atoms with Crippen molar-refractivity contribution in [2.45, 2.75) is 25.7 Å². The third-order valence-electron chi connectivity index (χ3n) is 2.96. The third-order valence-corrected chi connectivity index (χ3v) is 2.96. The van der Waals surface area contributed by atoms with Crippen LogP contribution in [-0.4, -0.2) is 4.57 Å². The molecule has 2 aromatic rings. The van der Waals surface area contributed by atoms with Gasteiger partial charge in [0.2, 0.25) is 0 Å². The molecule has 1 aromatic carbocycles. The molecule has 0 bridgehead atoms. The Morgan fingerprint density at radius 1 is 1.25 bits per heavy atom. The van der Waals surface area contributed by atoms with Crippen LogP contribution in [-0.2, 0) is 13.5 Å². The van der Waals surface area contributed by atoms with Crippen molar-refractivity contribution in [3.8, 4) is 6.07 Å². The van der Waals surface area contributed by atoms with E-state index in [1.165, 1.54) is 16.5 Å². The molecule has 0 amide bonds. The van der Waals surface area contributed by atoms with Gasteiger partial charge in [0, 0.05) is 30.6 Å². The Morgan fingerprint density at radius 3 is 2.88 bits per heavy atom. The van der Waals surface area contributed by atoms with E-state index in [4.69, 9.17) is 5.26 Å². The molecule has 16 heavy (non-hydrogen) atoms. The highest BCUT2D eigenvalue weighted by atomic mass is 14.9. The van der Waals surface area contributed by atoms with Gasteiger partial charge >= 0.3 is 0 Å². The van der Waals surface area contributed by atoms with Crippen molar-refractivity contribution in [1.29, 1.82) is 5.26 Å². The number of nitrogens with zero attached hydrogens (tertiary/aromatic N) is 2. The Hall–Kier alpha value is -1.75. The number of fused-ring (bicyclic) bond motifs is 1. The van der Waals surface area contributed by atoms with E-state index in [9.17, 15) is 0 Å². The van der Waals surface area contributed by atoms with Gasteiger partial charge in [0.15, 0.2) is 0 Å². The van der Waals surface area contributed by atoms with Gasteiger partial charge in [-0.25, -0.2) is 0 Å². The van der Waals surface area contributed by atoms with Gasteiger partial charge in [-0.05, 0) is 30.9 Å². The second-order valence-electron chi connectivity index (χ2n) is 4.15. The first-order valence-corrected chi connectivity index (χ1v) is 5.73. The summed E-state index contributed by atoms with van der Waals surface area (Å²) < 4.78 is 2.18. The minimum atomic E-state index is 0.671. The lowest BCUT2D eigenvalue weighted by Gasteiger charge is -1.97. The van der Waals surface area contributed by atoms with Crippen molar-refractivity contribution in [1.82, 2.24) is 4.57 Å². The minimum Gasteiger partial charge on any atom is -0.350 e. The van der Waals surface area contributed by atoms with Gasteiger partial charge in [-0.2, -0.15) is 5.26 Å². The maximum Gasteiger partial charge on any atom is 0.0621 e. The molecule has 1 heterocycles. The average molecular weight is 212 g/mol. The molecule has 0 spiro atoms. The van der Waals surface area contributed by atoms with Crippen molar-refractivity contribution in [2.75, 3.05) is 0 Å². The molecular weight excluding hydrogens is 196 g/mol. The zero-order valence-electron chi connectivity index (χ0n) is 9.61. The first-order chi connectivity index (χ1) is 7.83. The SMILES string of the molecule is Cn1cc(CCCCC#N)c2ccccc21. The standard InChI is InChI=1S/C14H16N2/c1-16-11-12(7-3-2-6-10-15)13-8-4-5-9-14(13)16/h4-5,8-9,11H,2-3,6-7H2,1H3. The van der Waals surface area contributed by atoms with Gasteiger partial charge in [0.25, 0.3) is 0 Å². The van der Waals surface area contributed by atoms with Crippen LogP contribution in [0.25, 0.3) is 10.9 Å². The summed E-state index contributed by atoms with van der Waals surface area (Å²) in [5.74, 6) is 0. The van der Waals surface area contributed by atoms with Crippen LogP contribution in [0, 0.1) is 11.3 Å². The van der Waals surface area contributed by atoms with Crippen LogP contribution in [0.15, 0.2) is 30.5 Å². The van der Waals surface area contributed by atoms with Crippen LogP contribution in [0.4, 0.5) is 0 Å². The molecule has 0 radical (unpaired) electrons. The third kappa shape index (κ3) is 2.09. The molecule has 0 saturated carbocycles. The van der Waals surface area contributed by atoms with Crippen molar-refractivity contribution in [3.05, 3.63) is 36.0 Å². The molecule has 0 atom stereocenters. The van der Waals surface area contributed by atoms with Crippen LogP contribution in [0.1, 0.15) is 24.8 Å². The summed E-state index contributed by atoms with van der Waals surface area (Å²) >= 11 is 0. The molecule has 0 aliphatic heterocycles. The van der Waals surface area contributed by atoms with E-state index in [0.29, 0.717) is 6.42 Å². The van der Waals surface area contributed by atoms with Gasteiger partial charge in [0.1, 0.15) is 0 Å². The van der Waals surface area contributed by atoms with Gasteiger partial charge in [0.05, 0.1) is 6.07 Å². The van der Waals surface area contributed by atoms with Crippen LogP contribution in [0.2, 0.25) is 0 Å². The van der Waals surface area contributed by atoms with Gasteiger partial charge in [-0.1, -0.05) is 18.2 Å². The topological polar surface area (TPSA) is 28.7 Å². The number of rotatable bonds is 4. The maximum absolute atomic E-state index is 8.49. The number of para-hydroxylation sites is 1. The lowest BCUT2D eigenvalue weighted by Crippen LogP contribution is -1.84. The predicted molar refractivity (Wildman–Crippen MR) is 66.1 cm³/mol. The molecule has 2 rings (SSSR count). The van der Waals surface area contributed by atoms with Crippen LogP contribution >= 0.6 is 0 Å². The summed E-state index contributed by atoms with van der Waals surface area (Å²) in [5.41, 5.74) is 2.69. The first kappa shape index (κ1) is 10.8. The maximum atomic E-state index is 8.49. The number of benzene rings is 1. The monoisotopic (exact) mass is 212 g/mol. The summed E-state index contributed by atoms with van der Waals surface area (Å²) in [6, 6.07) is 10.7. The van der Waals surface area contributed by atoms with Crippen molar-refractivity contribution in [3.63, 3.8) is 0 Å². The highest BCUT2D eigenvalue weighted by Crippen LogP contribution is 2.21. The Morgan fingerprint density at radius 2 is 2.06 bits per heavy atom. The molecule has 0 aliphatic rings. The van der Waals surface area contributed by atoms with Crippen LogP contribution in [0.5, 0.6) is 0 Å². The van der Waals surface area contributed by atoms with Crippen molar-refractivity contribution < 1.29 is 0 Å². The number of aryl methyl sites for hydroxylation is 2. The Labute approximate surface area is 96.1 Å². The average Bonchev–Trinajstić information content (AvgIpc) is 2.63. The summed E-state index contributed by atoms with van der Waals surface area (Å²) in [6.45, 7) is 0. The number of hydrogen-bond acceptors (Lipinski definition) is 1. The summed E-state index contributed by atoms with van der Waals surface area (Å²) in [6.07, 6.45) is 6.05.